The molecule has 7 nitrogen and oxygen atoms in total. The van der Waals surface area contributed by atoms with E-state index in [9.17, 15) is 27.2 Å². The number of alkyl halides is 3. The molecule has 2 heterocycles. The van der Waals surface area contributed by atoms with E-state index in [2.05, 4.69) is 0 Å². The van der Waals surface area contributed by atoms with E-state index in [1.54, 1.807) is 26.8 Å². The second-order valence-corrected chi connectivity index (χ2v) is 10.1. The third-order valence-electron chi connectivity index (χ3n) is 7.08. The summed E-state index contributed by atoms with van der Waals surface area (Å²) in [7, 11) is 0. The van der Waals surface area contributed by atoms with Crippen LogP contribution in [0, 0.1) is 26.6 Å². The third-order valence-corrected chi connectivity index (χ3v) is 7.08. The molecule has 220 valence electrons. The summed E-state index contributed by atoms with van der Waals surface area (Å²) >= 11 is 0. The van der Waals surface area contributed by atoms with Crippen LogP contribution in [-0.2, 0) is 17.5 Å². The van der Waals surface area contributed by atoms with Crippen LogP contribution in [0.15, 0.2) is 57.7 Å². The average Bonchev–Trinajstić information content (AvgIpc) is 2.94. The number of fused-ring (bicyclic) bond motifs is 1. The lowest BCUT2D eigenvalue weighted by Crippen LogP contribution is -2.36. The van der Waals surface area contributed by atoms with Crippen molar-refractivity contribution in [1.82, 2.24) is 4.90 Å². The van der Waals surface area contributed by atoms with Gasteiger partial charge in [-0.15, -0.1) is 0 Å². The number of carbonyl (C=O) groups excluding carboxylic acids is 1. The smallest absolute Gasteiger partial charge is 0.449 e. The molecule has 1 aromatic heterocycles. The summed E-state index contributed by atoms with van der Waals surface area (Å²) < 4.78 is 78.7. The largest absolute Gasteiger partial charge is 0.453 e. The molecule has 1 aliphatic rings. The van der Waals surface area contributed by atoms with Crippen molar-refractivity contribution < 1.29 is 41.0 Å². The molecule has 11 heteroatoms. The Morgan fingerprint density at radius 2 is 1.67 bits per heavy atom. The summed E-state index contributed by atoms with van der Waals surface area (Å²) in [5.41, 5.74) is 0.788. The molecule has 3 aromatic carbocycles. The van der Waals surface area contributed by atoms with Crippen LogP contribution in [0.3, 0.4) is 0 Å². The summed E-state index contributed by atoms with van der Waals surface area (Å²) in [4.78, 5) is 28.4. The van der Waals surface area contributed by atoms with Crippen molar-refractivity contribution in [3.05, 3.63) is 98.1 Å². The predicted octanol–water partition coefficient (Wildman–Crippen LogP) is 6.72. The van der Waals surface area contributed by atoms with Gasteiger partial charge >= 0.3 is 12.1 Å². The van der Waals surface area contributed by atoms with Crippen LogP contribution in [-0.4, -0.2) is 37.2 Å². The van der Waals surface area contributed by atoms with Gasteiger partial charge in [0.25, 0.3) is 5.76 Å². The number of esters is 1. The van der Waals surface area contributed by atoms with Crippen LogP contribution in [0.5, 0.6) is 17.2 Å². The van der Waals surface area contributed by atoms with Gasteiger partial charge in [0, 0.05) is 19.6 Å². The zero-order chi connectivity index (χ0) is 30.2. The molecule has 1 aliphatic heterocycles. The van der Waals surface area contributed by atoms with Crippen molar-refractivity contribution >= 4 is 16.9 Å². The van der Waals surface area contributed by atoms with Crippen LogP contribution < -0.4 is 14.9 Å². The van der Waals surface area contributed by atoms with Crippen molar-refractivity contribution in [3.8, 4) is 17.2 Å². The number of rotatable bonds is 6. The Labute approximate surface area is 238 Å². The number of benzene rings is 3. The summed E-state index contributed by atoms with van der Waals surface area (Å²) in [6.07, 6.45) is -5.09. The van der Waals surface area contributed by atoms with Crippen molar-refractivity contribution in [2.24, 2.45) is 0 Å². The summed E-state index contributed by atoms with van der Waals surface area (Å²) in [5, 5.41) is -0.176. The number of halogens is 4. The fourth-order valence-corrected chi connectivity index (χ4v) is 4.75. The highest BCUT2D eigenvalue weighted by molar-refractivity contribution is 5.92. The molecule has 0 saturated carbocycles. The van der Waals surface area contributed by atoms with E-state index in [0.717, 1.165) is 23.3 Å². The molecule has 0 bridgehead atoms. The summed E-state index contributed by atoms with van der Waals surface area (Å²) in [6, 6.07) is 10.6. The van der Waals surface area contributed by atoms with Gasteiger partial charge in [0.1, 0.15) is 22.9 Å². The molecule has 4 aromatic rings. The van der Waals surface area contributed by atoms with E-state index in [1.165, 1.54) is 24.3 Å². The molecule has 42 heavy (non-hydrogen) atoms. The first kappa shape index (κ1) is 29.3. The number of hydrogen-bond donors (Lipinski definition) is 0. The molecular weight excluding hydrogens is 558 g/mol. The molecule has 1 saturated heterocycles. The van der Waals surface area contributed by atoms with Gasteiger partial charge in [-0.1, -0.05) is 6.07 Å². The van der Waals surface area contributed by atoms with Crippen molar-refractivity contribution in [2.45, 2.75) is 33.5 Å². The van der Waals surface area contributed by atoms with E-state index in [-0.39, 0.29) is 40.1 Å². The number of nitrogens with zero attached hydrogens (tertiary/aromatic N) is 1. The van der Waals surface area contributed by atoms with E-state index in [1.807, 2.05) is 11.0 Å². The molecule has 0 spiro atoms. The van der Waals surface area contributed by atoms with Gasteiger partial charge in [0.05, 0.1) is 29.7 Å². The van der Waals surface area contributed by atoms with Crippen molar-refractivity contribution in [2.75, 3.05) is 26.3 Å². The molecule has 0 N–H and O–H groups in total. The lowest BCUT2D eigenvalue weighted by atomic mass is 10.1. The number of hydrogen-bond acceptors (Lipinski definition) is 7. The standard InChI is InChI=1S/C31H27F4NO6/c1-17-14-18(2)19(3)25(15-17)40-28-26(37)22-8-9-24(41-30(38)20-4-6-21(32)7-5-20)23(16-36-10-12-39-13-11-36)27(22)42-29(28)31(33,34)35/h4-9,14-15H,10-13,16H2,1-3H3. The lowest BCUT2D eigenvalue weighted by Gasteiger charge is -2.27. The van der Waals surface area contributed by atoms with Gasteiger partial charge in [-0.25, -0.2) is 9.18 Å². The van der Waals surface area contributed by atoms with E-state index >= 15 is 0 Å². The Balaban J connectivity index is 1.68. The fraction of sp³-hybridized carbons (Fsp3) is 0.290. The number of aryl methyl sites for hydroxylation is 2. The second-order valence-electron chi connectivity index (χ2n) is 10.1. The molecule has 5 rings (SSSR count). The number of morpholine rings is 1. The van der Waals surface area contributed by atoms with Crippen molar-refractivity contribution in [1.29, 1.82) is 0 Å². The van der Waals surface area contributed by atoms with Gasteiger partial charge in [-0.2, -0.15) is 13.2 Å². The lowest BCUT2D eigenvalue weighted by molar-refractivity contribution is -0.154. The molecular formula is C31H27F4NO6. The molecule has 0 atom stereocenters. The number of ether oxygens (including phenoxy) is 3. The maximum atomic E-state index is 14.4. The Kier molecular flexibility index (Phi) is 8.07. The van der Waals surface area contributed by atoms with Crippen molar-refractivity contribution in [3.63, 3.8) is 0 Å². The zero-order valence-electron chi connectivity index (χ0n) is 23.1. The maximum absolute atomic E-state index is 14.4. The Bertz CT molecular complexity index is 1710. The monoisotopic (exact) mass is 585 g/mol. The van der Waals surface area contributed by atoms with E-state index in [4.69, 9.17) is 18.6 Å². The van der Waals surface area contributed by atoms with Gasteiger partial charge in [0.2, 0.25) is 11.2 Å². The Morgan fingerprint density at radius 3 is 2.33 bits per heavy atom. The minimum atomic E-state index is -5.09. The van der Waals surface area contributed by atoms with Gasteiger partial charge in [0.15, 0.2) is 0 Å². The Morgan fingerprint density at radius 1 is 0.976 bits per heavy atom. The molecule has 0 radical (unpaired) electrons. The molecule has 1 fully saturated rings. The number of carbonyl (C=O) groups is 1. The topological polar surface area (TPSA) is 78.2 Å². The normalized spacial score (nSPS) is 14.3. The first-order valence-corrected chi connectivity index (χ1v) is 13.2. The third kappa shape index (κ3) is 6.02. The quantitative estimate of drug-likeness (QED) is 0.141. The highest BCUT2D eigenvalue weighted by Crippen LogP contribution is 2.41. The van der Waals surface area contributed by atoms with Gasteiger partial charge in [-0.3, -0.25) is 9.69 Å². The minimum Gasteiger partial charge on any atom is -0.449 e. The van der Waals surface area contributed by atoms with E-state index in [0.29, 0.717) is 31.9 Å². The van der Waals surface area contributed by atoms with Crippen LogP contribution in [0.2, 0.25) is 0 Å². The van der Waals surface area contributed by atoms with Gasteiger partial charge < -0.3 is 18.6 Å². The molecule has 0 unspecified atom stereocenters. The Hall–Kier alpha value is -4.22. The van der Waals surface area contributed by atoms with Crippen LogP contribution in [0.1, 0.15) is 38.4 Å². The SMILES string of the molecule is Cc1cc(C)c(C)c(Oc2c(C(F)(F)F)oc3c(CN4CCOCC4)c(OC(=O)c4ccc(F)cc4)ccc3c2=O)c1. The van der Waals surface area contributed by atoms with Crippen LogP contribution in [0.4, 0.5) is 17.6 Å². The first-order valence-electron chi connectivity index (χ1n) is 13.2. The van der Waals surface area contributed by atoms with E-state index < -0.39 is 34.9 Å². The predicted molar refractivity (Wildman–Crippen MR) is 146 cm³/mol. The minimum absolute atomic E-state index is 0.00333. The average molecular weight is 586 g/mol. The fourth-order valence-electron chi connectivity index (χ4n) is 4.75. The molecule has 0 aliphatic carbocycles. The molecule has 0 amide bonds. The van der Waals surface area contributed by atoms with Gasteiger partial charge in [-0.05, 0) is 79.9 Å². The second kappa shape index (κ2) is 11.6. The highest BCUT2D eigenvalue weighted by atomic mass is 19.4. The summed E-state index contributed by atoms with van der Waals surface area (Å²) in [6.45, 7) is 6.91. The zero-order valence-corrected chi connectivity index (χ0v) is 23.1. The highest BCUT2D eigenvalue weighted by Gasteiger charge is 2.41. The van der Waals surface area contributed by atoms with Crippen LogP contribution in [0.25, 0.3) is 11.0 Å². The van der Waals surface area contributed by atoms with Crippen LogP contribution >= 0.6 is 0 Å². The summed E-state index contributed by atoms with van der Waals surface area (Å²) in [5.74, 6) is -4.01. The maximum Gasteiger partial charge on any atom is 0.453 e. The first-order chi connectivity index (χ1) is 19.9.